The number of hydrogen-bond acceptors (Lipinski definition) is 5. The SMILES string of the molecule is O=c1/c(=C/c2ccc(-c3cccc(Br)c3)o2)sc2nc(-c3ccc(Cl)cc3Cl)nn12. The zero-order valence-electron chi connectivity index (χ0n) is 15.0. The molecule has 3 heterocycles. The maximum absolute atomic E-state index is 12.8. The molecular weight excluding hydrogens is 509 g/mol. The molecule has 0 spiro atoms. The van der Waals surface area contributed by atoms with E-state index in [4.69, 9.17) is 27.6 Å². The molecule has 0 N–H and O–H groups in total. The fraction of sp³-hybridized carbons (Fsp3) is 0. The summed E-state index contributed by atoms with van der Waals surface area (Å²) >= 11 is 16.9. The zero-order chi connectivity index (χ0) is 20.8. The predicted octanol–water partition coefficient (Wildman–Crippen LogP) is 5.70. The Hall–Kier alpha value is -2.45. The lowest BCUT2D eigenvalue weighted by Crippen LogP contribution is -2.23. The van der Waals surface area contributed by atoms with Crippen molar-refractivity contribution >= 4 is 61.5 Å². The van der Waals surface area contributed by atoms with Crippen LogP contribution >= 0.6 is 50.5 Å². The summed E-state index contributed by atoms with van der Waals surface area (Å²) < 4.78 is 8.60. The smallest absolute Gasteiger partial charge is 0.291 e. The van der Waals surface area contributed by atoms with E-state index < -0.39 is 0 Å². The van der Waals surface area contributed by atoms with E-state index >= 15 is 0 Å². The summed E-state index contributed by atoms with van der Waals surface area (Å²) in [6.07, 6.45) is 1.69. The number of hydrogen-bond donors (Lipinski definition) is 0. The maximum Gasteiger partial charge on any atom is 0.291 e. The third-order valence-electron chi connectivity index (χ3n) is 4.36. The van der Waals surface area contributed by atoms with Crippen LogP contribution in [0.4, 0.5) is 0 Å². The van der Waals surface area contributed by atoms with Crippen molar-refractivity contribution in [3.05, 3.63) is 89.8 Å². The first-order chi connectivity index (χ1) is 14.5. The van der Waals surface area contributed by atoms with Crippen LogP contribution in [0.3, 0.4) is 0 Å². The highest BCUT2D eigenvalue weighted by molar-refractivity contribution is 9.10. The number of nitrogens with zero attached hydrogens (tertiary/aromatic N) is 3. The zero-order valence-corrected chi connectivity index (χ0v) is 18.9. The van der Waals surface area contributed by atoms with Gasteiger partial charge in [-0.05, 0) is 42.5 Å². The fourth-order valence-electron chi connectivity index (χ4n) is 2.98. The lowest BCUT2D eigenvalue weighted by molar-refractivity contribution is 0.571. The summed E-state index contributed by atoms with van der Waals surface area (Å²) in [6, 6.07) is 16.6. The molecule has 5 aromatic rings. The minimum Gasteiger partial charge on any atom is -0.457 e. The van der Waals surface area contributed by atoms with Gasteiger partial charge in [0.2, 0.25) is 4.96 Å². The molecule has 0 aliphatic rings. The normalized spacial score (nSPS) is 12.2. The van der Waals surface area contributed by atoms with Gasteiger partial charge in [0, 0.05) is 26.7 Å². The topological polar surface area (TPSA) is 60.4 Å². The number of fused-ring (bicyclic) bond motifs is 1. The number of thiazole rings is 1. The summed E-state index contributed by atoms with van der Waals surface area (Å²) in [5, 5.41) is 5.26. The van der Waals surface area contributed by atoms with Gasteiger partial charge in [0.15, 0.2) is 5.82 Å². The minimum atomic E-state index is -0.265. The molecule has 3 aromatic heterocycles. The van der Waals surface area contributed by atoms with E-state index in [0.717, 1.165) is 10.0 Å². The fourth-order valence-corrected chi connectivity index (χ4v) is 4.76. The van der Waals surface area contributed by atoms with Crippen LogP contribution < -0.4 is 10.1 Å². The van der Waals surface area contributed by atoms with E-state index in [9.17, 15) is 4.79 Å². The summed E-state index contributed by atoms with van der Waals surface area (Å²) in [6.45, 7) is 0. The molecule has 9 heteroatoms. The maximum atomic E-state index is 12.8. The van der Waals surface area contributed by atoms with Crippen molar-refractivity contribution in [2.24, 2.45) is 0 Å². The average Bonchev–Trinajstić information content (AvgIpc) is 3.40. The molecule has 5 rings (SSSR count). The molecule has 148 valence electrons. The quantitative estimate of drug-likeness (QED) is 0.307. The average molecular weight is 519 g/mol. The van der Waals surface area contributed by atoms with E-state index in [0.29, 0.717) is 42.4 Å². The lowest BCUT2D eigenvalue weighted by atomic mass is 10.2. The Bertz CT molecular complexity index is 1520. The number of benzene rings is 2. The summed E-state index contributed by atoms with van der Waals surface area (Å²) in [7, 11) is 0. The highest BCUT2D eigenvalue weighted by atomic mass is 79.9. The number of halogens is 3. The summed E-state index contributed by atoms with van der Waals surface area (Å²) in [4.78, 5) is 17.7. The first-order valence-corrected chi connectivity index (χ1v) is 11.1. The van der Waals surface area contributed by atoms with Crippen molar-refractivity contribution in [2.75, 3.05) is 0 Å². The first-order valence-electron chi connectivity index (χ1n) is 8.70. The molecule has 0 aliphatic carbocycles. The minimum absolute atomic E-state index is 0.265. The van der Waals surface area contributed by atoms with Gasteiger partial charge in [-0.15, -0.1) is 5.10 Å². The molecule has 0 fully saturated rings. The van der Waals surface area contributed by atoms with Crippen LogP contribution in [0.2, 0.25) is 10.0 Å². The largest absolute Gasteiger partial charge is 0.457 e. The van der Waals surface area contributed by atoms with Crippen molar-refractivity contribution in [1.29, 1.82) is 0 Å². The summed E-state index contributed by atoms with van der Waals surface area (Å²) in [5.74, 6) is 1.67. The van der Waals surface area contributed by atoms with Crippen LogP contribution in [0.15, 0.2) is 68.3 Å². The van der Waals surface area contributed by atoms with Crippen molar-refractivity contribution < 1.29 is 4.42 Å². The Morgan fingerprint density at radius 3 is 2.73 bits per heavy atom. The van der Waals surface area contributed by atoms with E-state index in [-0.39, 0.29) is 5.56 Å². The molecule has 0 aliphatic heterocycles. The number of rotatable bonds is 3. The van der Waals surface area contributed by atoms with Crippen LogP contribution in [0.1, 0.15) is 5.76 Å². The third-order valence-corrected chi connectivity index (χ3v) is 6.36. The van der Waals surface area contributed by atoms with Gasteiger partial charge >= 0.3 is 0 Å². The van der Waals surface area contributed by atoms with Gasteiger partial charge in [0.25, 0.3) is 5.56 Å². The molecule has 0 atom stereocenters. The first kappa shape index (κ1) is 19.5. The number of aromatic nitrogens is 3. The van der Waals surface area contributed by atoms with Gasteiger partial charge in [-0.25, -0.2) is 0 Å². The Balaban J connectivity index is 1.53. The molecule has 0 bridgehead atoms. The van der Waals surface area contributed by atoms with Crippen LogP contribution in [-0.2, 0) is 0 Å². The molecule has 2 aromatic carbocycles. The monoisotopic (exact) mass is 517 g/mol. The summed E-state index contributed by atoms with van der Waals surface area (Å²) in [5.41, 5.74) is 1.30. The van der Waals surface area contributed by atoms with Crippen molar-refractivity contribution in [3.8, 4) is 22.7 Å². The van der Waals surface area contributed by atoms with E-state index in [2.05, 4.69) is 26.0 Å². The van der Waals surface area contributed by atoms with Gasteiger partial charge in [0.05, 0.1) is 5.02 Å². The van der Waals surface area contributed by atoms with Crippen molar-refractivity contribution in [2.45, 2.75) is 0 Å². The van der Waals surface area contributed by atoms with Gasteiger partial charge < -0.3 is 4.42 Å². The third kappa shape index (κ3) is 3.58. The van der Waals surface area contributed by atoms with Crippen molar-refractivity contribution in [3.63, 3.8) is 0 Å². The van der Waals surface area contributed by atoms with Gasteiger partial charge in [-0.3, -0.25) is 4.79 Å². The molecule has 0 saturated heterocycles. The van der Waals surface area contributed by atoms with Crippen LogP contribution in [0, 0.1) is 0 Å². The van der Waals surface area contributed by atoms with Gasteiger partial charge in [-0.1, -0.05) is 62.6 Å². The Labute approximate surface area is 192 Å². The Morgan fingerprint density at radius 1 is 1.10 bits per heavy atom. The molecule has 5 nitrogen and oxygen atoms in total. The molecular formula is C21H10BrCl2N3O2S. The molecule has 30 heavy (non-hydrogen) atoms. The second-order valence-corrected chi connectivity index (χ2v) is 9.15. The van der Waals surface area contributed by atoms with Crippen molar-refractivity contribution in [1.82, 2.24) is 14.6 Å². The Morgan fingerprint density at radius 2 is 1.97 bits per heavy atom. The highest BCUT2D eigenvalue weighted by Gasteiger charge is 2.15. The van der Waals surface area contributed by atoms with E-state index in [1.54, 1.807) is 24.3 Å². The van der Waals surface area contributed by atoms with Crippen LogP contribution in [-0.4, -0.2) is 14.6 Å². The highest BCUT2D eigenvalue weighted by Crippen LogP contribution is 2.29. The second-order valence-electron chi connectivity index (χ2n) is 6.38. The Kier molecular flexibility index (Phi) is 4.99. The molecule has 0 amide bonds. The lowest BCUT2D eigenvalue weighted by Gasteiger charge is -1.98. The van der Waals surface area contributed by atoms with E-state index in [1.807, 2.05) is 36.4 Å². The van der Waals surface area contributed by atoms with Crippen LogP contribution in [0.25, 0.3) is 33.7 Å². The second kappa shape index (κ2) is 7.67. The standard InChI is InChI=1S/C21H10BrCl2N3O2S/c22-12-3-1-2-11(8-12)17-7-5-14(29-17)10-18-20(28)27-21(30-18)25-19(26-27)15-6-4-13(23)9-16(15)24/h1-10H/b18-10-. The predicted molar refractivity (Wildman–Crippen MR) is 123 cm³/mol. The molecule has 0 radical (unpaired) electrons. The van der Waals surface area contributed by atoms with Gasteiger partial charge in [0.1, 0.15) is 16.1 Å². The number of furan rings is 1. The van der Waals surface area contributed by atoms with Gasteiger partial charge in [-0.2, -0.15) is 9.50 Å². The van der Waals surface area contributed by atoms with Crippen LogP contribution in [0.5, 0.6) is 0 Å². The molecule has 0 saturated carbocycles. The molecule has 0 unspecified atom stereocenters. The van der Waals surface area contributed by atoms with E-state index in [1.165, 1.54) is 15.9 Å².